The summed E-state index contributed by atoms with van der Waals surface area (Å²) in [5.74, 6) is 0. The van der Waals surface area contributed by atoms with Gasteiger partial charge in [0.2, 0.25) is 10.9 Å². The van der Waals surface area contributed by atoms with E-state index in [1.54, 1.807) is 36.4 Å². The molecule has 3 aromatic heterocycles. The lowest BCUT2D eigenvalue weighted by Gasteiger charge is -2.11. The maximum Gasteiger partial charge on any atom is 0.200 e. The van der Waals surface area contributed by atoms with E-state index in [2.05, 4.69) is 28.8 Å². The highest BCUT2D eigenvalue weighted by atomic mass is 16.3. The molecule has 0 N–H and O–H groups in total. The minimum absolute atomic E-state index is 0.169. The molecule has 0 amide bonds. The zero-order chi connectivity index (χ0) is 24.7. The molecule has 0 unspecified atom stereocenters. The van der Waals surface area contributed by atoms with E-state index in [1.165, 1.54) is 0 Å². The van der Waals surface area contributed by atoms with E-state index in [9.17, 15) is 9.59 Å². The van der Waals surface area contributed by atoms with Crippen molar-refractivity contribution in [3.05, 3.63) is 124 Å². The van der Waals surface area contributed by atoms with Gasteiger partial charge in [-0.1, -0.05) is 54.6 Å². The smallest absolute Gasteiger partial charge is 0.200 e. The van der Waals surface area contributed by atoms with Gasteiger partial charge in [0.1, 0.15) is 16.7 Å². The van der Waals surface area contributed by atoms with Gasteiger partial charge in [-0.25, -0.2) is 0 Å². The minimum Gasteiger partial charge on any atom is -0.456 e. The van der Waals surface area contributed by atoms with Crippen LogP contribution in [0.5, 0.6) is 0 Å². The van der Waals surface area contributed by atoms with Crippen LogP contribution < -0.4 is 10.9 Å². The second kappa shape index (κ2) is 7.18. The molecule has 5 nitrogen and oxygen atoms in total. The van der Waals surface area contributed by atoms with Crippen molar-refractivity contribution in [1.29, 1.82) is 0 Å². The Morgan fingerprint density at radius 1 is 0.459 bits per heavy atom. The second-order valence-corrected chi connectivity index (χ2v) is 9.23. The second-order valence-electron chi connectivity index (χ2n) is 9.23. The number of aromatic nitrogens is 1. The first-order valence-corrected chi connectivity index (χ1v) is 12.0. The van der Waals surface area contributed by atoms with Crippen molar-refractivity contribution in [1.82, 2.24) is 4.57 Å². The summed E-state index contributed by atoms with van der Waals surface area (Å²) in [6, 6.07) is 32.4. The number of nitrogens with zero attached hydrogens (tertiary/aromatic N) is 1. The number of hydrogen-bond donors (Lipinski definition) is 0. The molecule has 0 spiro atoms. The Hall–Kier alpha value is -5.16. The third-order valence-electron chi connectivity index (χ3n) is 7.19. The SMILES string of the molecule is O=c1c2ccccc2oc2cc3oc4c(-n5c6ccccc6c6ccccc65)cccc4c(=O)c3cc12. The van der Waals surface area contributed by atoms with Gasteiger partial charge in [-0.3, -0.25) is 9.59 Å². The molecule has 174 valence electrons. The van der Waals surface area contributed by atoms with E-state index in [1.807, 2.05) is 42.5 Å². The monoisotopic (exact) mass is 479 g/mol. The molecule has 0 atom stereocenters. The van der Waals surface area contributed by atoms with Crippen molar-refractivity contribution in [2.24, 2.45) is 0 Å². The number of hydrogen-bond acceptors (Lipinski definition) is 4. The van der Waals surface area contributed by atoms with Crippen LogP contribution in [0.3, 0.4) is 0 Å². The van der Waals surface area contributed by atoms with Crippen LogP contribution in [-0.2, 0) is 0 Å². The average Bonchev–Trinajstić information content (AvgIpc) is 3.27. The summed E-state index contributed by atoms with van der Waals surface area (Å²) in [7, 11) is 0. The molecule has 0 aliphatic carbocycles. The molecule has 8 rings (SSSR count). The van der Waals surface area contributed by atoms with Crippen LogP contribution >= 0.6 is 0 Å². The normalized spacial score (nSPS) is 12.0. The molecule has 0 aliphatic rings. The molecule has 8 aromatic rings. The van der Waals surface area contributed by atoms with E-state index in [4.69, 9.17) is 8.83 Å². The maximum absolute atomic E-state index is 13.8. The molecule has 0 saturated heterocycles. The van der Waals surface area contributed by atoms with E-state index in [0.717, 1.165) is 27.5 Å². The Balaban J connectivity index is 1.52. The predicted octanol–water partition coefficient (Wildman–Crippen LogP) is 7.30. The zero-order valence-corrected chi connectivity index (χ0v) is 19.4. The fourth-order valence-corrected chi connectivity index (χ4v) is 5.52. The molecular weight excluding hydrogens is 462 g/mol. The molecule has 37 heavy (non-hydrogen) atoms. The summed E-state index contributed by atoms with van der Waals surface area (Å²) in [5.41, 5.74) is 4.19. The first-order valence-electron chi connectivity index (χ1n) is 12.0. The van der Waals surface area contributed by atoms with Gasteiger partial charge in [0.15, 0.2) is 5.58 Å². The van der Waals surface area contributed by atoms with Crippen molar-refractivity contribution in [2.45, 2.75) is 0 Å². The van der Waals surface area contributed by atoms with Crippen molar-refractivity contribution in [3.63, 3.8) is 0 Å². The van der Waals surface area contributed by atoms with Gasteiger partial charge in [0, 0.05) is 16.8 Å². The van der Waals surface area contributed by atoms with E-state index >= 15 is 0 Å². The van der Waals surface area contributed by atoms with Gasteiger partial charge < -0.3 is 13.4 Å². The van der Waals surface area contributed by atoms with Crippen LogP contribution in [0, 0.1) is 0 Å². The van der Waals surface area contributed by atoms with Gasteiger partial charge in [-0.05, 0) is 42.5 Å². The standard InChI is InChI=1S/C32H17NO4/c34-30-20-10-3-6-15-27(20)36-28-17-29-23(16-22(28)30)31(35)21-11-7-14-26(32(21)37-29)33-24-12-4-1-8-18(24)19-9-2-5-13-25(19)33/h1-17H. The summed E-state index contributed by atoms with van der Waals surface area (Å²) >= 11 is 0. The van der Waals surface area contributed by atoms with Crippen LogP contribution in [0.15, 0.2) is 122 Å². The largest absolute Gasteiger partial charge is 0.456 e. The number of benzene rings is 5. The van der Waals surface area contributed by atoms with Crippen LogP contribution in [-0.4, -0.2) is 4.57 Å². The van der Waals surface area contributed by atoms with Crippen molar-refractivity contribution < 1.29 is 8.83 Å². The highest BCUT2D eigenvalue weighted by molar-refractivity contribution is 6.10. The zero-order valence-electron chi connectivity index (χ0n) is 19.4. The summed E-state index contributed by atoms with van der Waals surface area (Å²) in [4.78, 5) is 26.9. The van der Waals surface area contributed by atoms with Gasteiger partial charge >= 0.3 is 0 Å². The maximum atomic E-state index is 13.8. The summed E-state index contributed by atoms with van der Waals surface area (Å²) in [5, 5.41) is 3.89. The highest BCUT2D eigenvalue weighted by Crippen LogP contribution is 2.35. The number of fused-ring (bicyclic) bond motifs is 7. The van der Waals surface area contributed by atoms with Crippen molar-refractivity contribution in [3.8, 4) is 5.69 Å². The third-order valence-corrected chi connectivity index (χ3v) is 7.19. The van der Waals surface area contributed by atoms with Crippen molar-refractivity contribution in [2.75, 3.05) is 0 Å². The Morgan fingerprint density at radius 2 is 1.03 bits per heavy atom. The predicted molar refractivity (Wildman–Crippen MR) is 148 cm³/mol. The van der Waals surface area contributed by atoms with Gasteiger partial charge in [-0.2, -0.15) is 0 Å². The number of rotatable bonds is 1. The first-order chi connectivity index (χ1) is 18.2. The van der Waals surface area contributed by atoms with Gasteiger partial charge in [0.25, 0.3) is 0 Å². The van der Waals surface area contributed by atoms with Crippen LogP contribution in [0.25, 0.3) is 71.4 Å². The lowest BCUT2D eigenvalue weighted by molar-refractivity contribution is 0.645. The van der Waals surface area contributed by atoms with E-state index < -0.39 is 0 Å². The van der Waals surface area contributed by atoms with Gasteiger partial charge in [0.05, 0.1) is 38.3 Å². The minimum atomic E-state index is -0.187. The Morgan fingerprint density at radius 3 is 1.76 bits per heavy atom. The lowest BCUT2D eigenvalue weighted by atomic mass is 10.1. The molecule has 0 bridgehead atoms. The molecule has 0 fully saturated rings. The molecule has 5 aromatic carbocycles. The summed E-state index contributed by atoms with van der Waals surface area (Å²) in [6.07, 6.45) is 0. The number of para-hydroxylation sites is 4. The summed E-state index contributed by atoms with van der Waals surface area (Å²) in [6.45, 7) is 0. The average molecular weight is 479 g/mol. The molecule has 5 heteroatoms. The summed E-state index contributed by atoms with van der Waals surface area (Å²) < 4.78 is 14.6. The first kappa shape index (κ1) is 20.1. The molecular formula is C32H17NO4. The highest BCUT2D eigenvalue weighted by Gasteiger charge is 2.18. The van der Waals surface area contributed by atoms with E-state index in [0.29, 0.717) is 43.9 Å². The Bertz CT molecular complexity index is 2300. The topological polar surface area (TPSA) is 65.3 Å². The molecule has 3 heterocycles. The Kier molecular flexibility index (Phi) is 3.90. The Labute approximate surface area is 208 Å². The molecule has 0 radical (unpaired) electrons. The quantitative estimate of drug-likeness (QED) is 0.232. The van der Waals surface area contributed by atoms with Crippen LogP contribution in [0.1, 0.15) is 0 Å². The van der Waals surface area contributed by atoms with Crippen molar-refractivity contribution >= 4 is 65.7 Å². The molecule has 0 aliphatic heterocycles. The lowest BCUT2D eigenvalue weighted by Crippen LogP contribution is -2.07. The third kappa shape index (κ3) is 2.68. The van der Waals surface area contributed by atoms with E-state index in [-0.39, 0.29) is 10.9 Å². The fraction of sp³-hybridized carbons (Fsp3) is 0. The fourth-order valence-electron chi connectivity index (χ4n) is 5.52. The van der Waals surface area contributed by atoms with Gasteiger partial charge in [-0.15, -0.1) is 0 Å². The van der Waals surface area contributed by atoms with Crippen LogP contribution in [0.2, 0.25) is 0 Å². The van der Waals surface area contributed by atoms with Crippen LogP contribution in [0.4, 0.5) is 0 Å². The molecule has 0 saturated carbocycles.